The van der Waals surface area contributed by atoms with Crippen LogP contribution >= 0.6 is 0 Å². The van der Waals surface area contributed by atoms with Crippen molar-refractivity contribution in [2.75, 3.05) is 24.8 Å². The van der Waals surface area contributed by atoms with E-state index in [0.717, 1.165) is 5.56 Å². The topological polar surface area (TPSA) is 73.2 Å². The zero-order chi connectivity index (χ0) is 19.9. The fraction of sp³-hybridized carbons (Fsp3) is 0.200. The number of nitrogens with zero attached hydrogens (tertiary/aromatic N) is 2. The van der Waals surface area contributed by atoms with Crippen LogP contribution in [0, 0.1) is 5.82 Å². The van der Waals surface area contributed by atoms with E-state index in [-0.39, 0.29) is 11.6 Å². The van der Waals surface area contributed by atoms with Gasteiger partial charge in [0.1, 0.15) is 11.5 Å². The molecule has 0 spiro atoms. The van der Waals surface area contributed by atoms with Gasteiger partial charge in [-0.3, -0.25) is 9.00 Å². The van der Waals surface area contributed by atoms with Crippen LogP contribution in [0.4, 0.5) is 10.1 Å². The molecule has 1 amide bonds. The molecule has 1 unspecified atom stereocenters. The van der Waals surface area contributed by atoms with Gasteiger partial charge in [-0.05, 0) is 29.8 Å². The molecule has 28 heavy (non-hydrogen) atoms. The predicted octanol–water partition coefficient (Wildman–Crippen LogP) is 3.16. The van der Waals surface area contributed by atoms with Gasteiger partial charge in [0.25, 0.3) is 5.91 Å². The van der Waals surface area contributed by atoms with E-state index < -0.39 is 16.6 Å². The molecule has 2 aromatic carbocycles. The number of nitrogens with one attached hydrogen (secondary N) is 1. The van der Waals surface area contributed by atoms with E-state index in [0.29, 0.717) is 29.4 Å². The average molecular weight is 401 g/mol. The Morgan fingerprint density at radius 2 is 2.07 bits per heavy atom. The van der Waals surface area contributed by atoms with Crippen LogP contribution in [0.25, 0.3) is 5.69 Å². The minimum atomic E-state index is -1.03. The first kappa shape index (κ1) is 19.9. The van der Waals surface area contributed by atoms with Crippen molar-refractivity contribution in [2.45, 2.75) is 5.75 Å². The van der Waals surface area contributed by atoms with E-state index in [1.54, 1.807) is 43.5 Å². The SMILES string of the molecule is COCCS(=O)Cc1cccc(NC(=O)c2cnn(-c3ccccc3F)c2)c1. The zero-order valence-electron chi connectivity index (χ0n) is 15.3. The zero-order valence-corrected chi connectivity index (χ0v) is 16.1. The standard InChI is InChI=1S/C20H20FN3O3S/c1-27-9-10-28(26)14-15-5-4-6-17(11-15)23-20(25)16-12-22-24(13-16)19-8-3-2-7-18(19)21/h2-8,11-13H,9-10,14H2,1H3,(H,23,25). The number of carbonyl (C=O) groups excluding carboxylic acids is 1. The normalized spacial score (nSPS) is 11.9. The molecule has 0 aliphatic carbocycles. The summed E-state index contributed by atoms with van der Waals surface area (Å²) >= 11 is 0. The summed E-state index contributed by atoms with van der Waals surface area (Å²) in [5, 5.41) is 6.84. The number of methoxy groups -OCH3 is 1. The van der Waals surface area contributed by atoms with E-state index in [1.807, 2.05) is 6.07 Å². The van der Waals surface area contributed by atoms with Crippen LogP contribution < -0.4 is 5.32 Å². The van der Waals surface area contributed by atoms with Crippen molar-refractivity contribution in [3.63, 3.8) is 0 Å². The van der Waals surface area contributed by atoms with Gasteiger partial charge in [0, 0.05) is 41.3 Å². The summed E-state index contributed by atoms with van der Waals surface area (Å²) in [7, 11) is 0.537. The highest BCUT2D eigenvalue weighted by molar-refractivity contribution is 7.84. The molecule has 0 saturated carbocycles. The third kappa shape index (κ3) is 5.11. The van der Waals surface area contributed by atoms with E-state index in [2.05, 4.69) is 10.4 Å². The molecule has 146 valence electrons. The van der Waals surface area contributed by atoms with Crippen LogP contribution in [0.2, 0.25) is 0 Å². The summed E-state index contributed by atoms with van der Waals surface area (Å²) in [5.74, 6) is 0.0626. The minimum absolute atomic E-state index is 0.266. The van der Waals surface area contributed by atoms with E-state index >= 15 is 0 Å². The van der Waals surface area contributed by atoms with Gasteiger partial charge in [0.05, 0.1) is 18.4 Å². The average Bonchev–Trinajstić information content (AvgIpc) is 3.17. The van der Waals surface area contributed by atoms with Crippen molar-refractivity contribution in [3.8, 4) is 5.69 Å². The van der Waals surface area contributed by atoms with Crippen LogP contribution in [0.3, 0.4) is 0 Å². The van der Waals surface area contributed by atoms with Crippen LogP contribution in [-0.2, 0) is 21.3 Å². The van der Waals surface area contributed by atoms with Crippen molar-refractivity contribution in [3.05, 3.63) is 77.9 Å². The van der Waals surface area contributed by atoms with Gasteiger partial charge in [0.2, 0.25) is 0 Å². The minimum Gasteiger partial charge on any atom is -0.384 e. The number of hydrogen-bond acceptors (Lipinski definition) is 4. The molecule has 6 nitrogen and oxygen atoms in total. The smallest absolute Gasteiger partial charge is 0.258 e. The summed E-state index contributed by atoms with van der Waals surface area (Å²) in [4.78, 5) is 12.5. The van der Waals surface area contributed by atoms with Gasteiger partial charge in [0.15, 0.2) is 0 Å². The van der Waals surface area contributed by atoms with Gasteiger partial charge in [-0.2, -0.15) is 5.10 Å². The maximum absolute atomic E-state index is 13.9. The number of amides is 1. The molecule has 8 heteroatoms. The molecule has 1 N–H and O–H groups in total. The molecule has 0 radical (unpaired) electrons. The van der Waals surface area contributed by atoms with Crippen LogP contribution in [0.1, 0.15) is 15.9 Å². The fourth-order valence-electron chi connectivity index (χ4n) is 2.59. The second-order valence-corrected chi connectivity index (χ2v) is 7.64. The van der Waals surface area contributed by atoms with E-state index in [4.69, 9.17) is 4.74 Å². The Morgan fingerprint density at radius 3 is 2.86 bits per heavy atom. The Hall–Kier alpha value is -2.84. The predicted molar refractivity (Wildman–Crippen MR) is 107 cm³/mol. The van der Waals surface area contributed by atoms with Crippen molar-refractivity contribution >= 4 is 22.4 Å². The lowest BCUT2D eigenvalue weighted by atomic mass is 10.2. The Morgan fingerprint density at radius 1 is 1.25 bits per heavy atom. The number of para-hydroxylation sites is 1. The molecule has 3 rings (SSSR count). The maximum Gasteiger partial charge on any atom is 0.258 e. The fourth-order valence-corrected chi connectivity index (χ4v) is 3.63. The number of hydrogen-bond donors (Lipinski definition) is 1. The highest BCUT2D eigenvalue weighted by Crippen LogP contribution is 2.16. The largest absolute Gasteiger partial charge is 0.384 e. The molecule has 1 atom stereocenters. The van der Waals surface area contributed by atoms with E-state index in [1.165, 1.54) is 23.1 Å². The molecule has 3 aromatic rings. The molecule has 0 bridgehead atoms. The quantitative estimate of drug-likeness (QED) is 0.629. The van der Waals surface area contributed by atoms with Gasteiger partial charge >= 0.3 is 0 Å². The third-order valence-corrected chi connectivity index (χ3v) is 5.25. The van der Waals surface area contributed by atoms with Gasteiger partial charge < -0.3 is 10.1 Å². The Bertz CT molecular complexity index is 990. The molecule has 1 heterocycles. The highest BCUT2D eigenvalue weighted by atomic mass is 32.2. The number of ether oxygens (including phenoxy) is 1. The summed E-state index contributed by atoms with van der Waals surface area (Å²) in [6, 6.07) is 13.4. The van der Waals surface area contributed by atoms with Crippen LogP contribution in [0.5, 0.6) is 0 Å². The molecular formula is C20H20FN3O3S. The molecular weight excluding hydrogens is 381 g/mol. The lowest BCUT2D eigenvalue weighted by molar-refractivity contribution is 0.102. The van der Waals surface area contributed by atoms with Gasteiger partial charge in [-0.1, -0.05) is 24.3 Å². The number of rotatable bonds is 8. The first-order chi connectivity index (χ1) is 13.6. The highest BCUT2D eigenvalue weighted by Gasteiger charge is 2.12. The lowest BCUT2D eigenvalue weighted by Crippen LogP contribution is -2.12. The second kappa shape index (κ2) is 9.38. The van der Waals surface area contributed by atoms with Crippen molar-refractivity contribution in [1.82, 2.24) is 9.78 Å². The monoisotopic (exact) mass is 401 g/mol. The summed E-state index contributed by atoms with van der Waals surface area (Å²) in [6.07, 6.45) is 2.85. The first-order valence-corrected chi connectivity index (χ1v) is 10.1. The Kier molecular flexibility index (Phi) is 6.67. The van der Waals surface area contributed by atoms with Crippen LogP contribution in [-0.4, -0.2) is 39.4 Å². The number of aromatic nitrogens is 2. The molecule has 0 aliphatic rings. The lowest BCUT2D eigenvalue weighted by Gasteiger charge is -2.07. The number of benzene rings is 2. The summed E-state index contributed by atoms with van der Waals surface area (Å²) in [6.45, 7) is 0.440. The second-order valence-electron chi connectivity index (χ2n) is 6.06. The summed E-state index contributed by atoms with van der Waals surface area (Å²) < 4.78 is 32.1. The molecule has 0 aliphatic heterocycles. The molecule has 0 fully saturated rings. The molecule has 1 aromatic heterocycles. The number of carbonyl (C=O) groups is 1. The summed E-state index contributed by atoms with van der Waals surface area (Å²) in [5.41, 5.74) is 2.01. The van der Waals surface area contributed by atoms with Crippen molar-refractivity contribution in [1.29, 1.82) is 0 Å². The van der Waals surface area contributed by atoms with Crippen molar-refractivity contribution in [2.24, 2.45) is 0 Å². The number of halogens is 1. The van der Waals surface area contributed by atoms with Gasteiger partial charge in [-0.15, -0.1) is 0 Å². The Labute approximate surface area is 164 Å². The number of anilines is 1. The molecule has 0 saturated heterocycles. The van der Waals surface area contributed by atoms with Crippen LogP contribution in [0.15, 0.2) is 60.9 Å². The third-order valence-electron chi connectivity index (χ3n) is 3.97. The Balaban J connectivity index is 1.68. The van der Waals surface area contributed by atoms with Gasteiger partial charge in [-0.25, -0.2) is 9.07 Å². The maximum atomic E-state index is 13.9. The first-order valence-electron chi connectivity index (χ1n) is 8.60. The van der Waals surface area contributed by atoms with Crippen molar-refractivity contribution < 1.29 is 18.1 Å². The van der Waals surface area contributed by atoms with E-state index in [9.17, 15) is 13.4 Å².